The van der Waals surface area contributed by atoms with Crippen molar-refractivity contribution in [3.8, 4) is 0 Å². The fraction of sp³-hybridized carbons (Fsp3) is 0.738. The quantitative estimate of drug-likeness (QED) is 0.114. The third-order valence-corrected chi connectivity index (χ3v) is 13.8. The Hall–Kier alpha value is -3.64. The lowest BCUT2D eigenvalue weighted by molar-refractivity contribution is -0.219. The third kappa shape index (κ3) is 12.2. The molecule has 6 atom stereocenters. The summed E-state index contributed by atoms with van der Waals surface area (Å²) in [6.07, 6.45) is 5.89. The molecule has 2 unspecified atom stereocenters. The molecule has 2 heterocycles. The Labute approximate surface area is 350 Å². The molecule has 3 fully saturated rings. The van der Waals surface area contributed by atoms with Gasteiger partial charge in [0.1, 0.15) is 12.1 Å². The molecule has 2 aliphatic carbocycles. The second-order valence-corrected chi connectivity index (χ2v) is 20.6. The maximum Gasteiger partial charge on any atom is 0.315 e. The summed E-state index contributed by atoms with van der Waals surface area (Å²) in [6.45, 7) is 10.4. The zero-order valence-electron chi connectivity index (χ0n) is 35.9. The van der Waals surface area contributed by atoms with Crippen LogP contribution in [0.5, 0.6) is 0 Å². The van der Waals surface area contributed by atoms with Crippen LogP contribution in [-0.4, -0.2) is 133 Å². The number of ketones is 1. The lowest BCUT2D eigenvalue weighted by Crippen LogP contribution is -2.63. The van der Waals surface area contributed by atoms with Crippen LogP contribution < -0.4 is 21.3 Å². The predicted octanol–water partition coefficient (Wildman–Crippen LogP) is 2.38. The van der Waals surface area contributed by atoms with Crippen molar-refractivity contribution in [2.75, 3.05) is 32.9 Å². The molecule has 2 saturated carbocycles. The number of benzene rings is 1. The van der Waals surface area contributed by atoms with Crippen molar-refractivity contribution in [3.63, 3.8) is 0 Å². The van der Waals surface area contributed by atoms with Gasteiger partial charge in [-0.25, -0.2) is 17.5 Å². The van der Waals surface area contributed by atoms with Crippen LogP contribution in [0.2, 0.25) is 0 Å². The molecule has 0 aromatic heterocycles. The number of amides is 5. The van der Waals surface area contributed by atoms with Gasteiger partial charge in [0, 0.05) is 51.7 Å². The molecule has 4 aliphatic rings. The second kappa shape index (κ2) is 19.4. The number of carbonyl (C=O) groups excluding carboxylic acids is 5. The van der Waals surface area contributed by atoms with E-state index in [4.69, 9.17) is 4.74 Å². The Kier molecular flexibility index (Phi) is 15.3. The minimum Gasteiger partial charge on any atom is -0.356 e. The summed E-state index contributed by atoms with van der Waals surface area (Å²) in [5.74, 6) is -2.65. The van der Waals surface area contributed by atoms with Crippen LogP contribution in [0.3, 0.4) is 0 Å². The van der Waals surface area contributed by atoms with Gasteiger partial charge in [-0.15, -0.1) is 0 Å². The molecule has 0 spiro atoms. The summed E-state index contributed by atoms with van der Waals surface area (Å²) >= 11 is 0. The largest absolute Gasteiger partial charge is 0.356 e. The molecule has 2 aliphatic heterocycles. The minimum absolute atomic E-state index is 0.0000778. The number of rotatable bonds is 17. The summed E-state index contributed by atoms with van der Waals surface area (Å²) < 4.78 is 32.0. The maximum absolute atomic E-state index is 15.1. The monoisotopic (exact) mass is 845 g/mol. The summed E-state index contributed by atoms with van der Waals surface area (Å²) in [5.41, 5.74) is 1.01. The number of fused-ring (bicyclic) bond motifs is 1. The SMILES string of the molecule is CCCC(NC(=O)[C@@H]1C[C@@H](OC(O)N2CCc3ccccc3C2)CN1C(=O)[C@@H](NC(=O)N[C@H](CN(C)S(C)(=O)=O)C(C)(C)C)C1(C)CCCCC1)C(=O)C(=O)NC1CC1. The van der Waals surface area contributed by atoms with Crippen LogP contribution >= 0.6 is 0 Å². The van der Waals surface area contributed by atoms with Gasteiger partial charge in [-0.1, -0.05) is 84.6 Å². The first-order chi connectivity index (χ1) is 27.7. The molecule has 1 saturated heterocycles. The van der Waals surface area contributed by atoms with Crippen LogP contribution in [0.15, 0.2) is 24.3 Å². The Morgan fingerprint density at radius 1 is 1.02 bits per heavy atom. The van der Waals surface area contributed by atoms with E-state index >= 15 is 4.79 Å². The molecule has 5 amide bonds. The lowest BCUT2D eigenvalue weighted by Gasteiger charge is -2.43. The van der Waals surface area contributed by atoms with Crippen molar-refractivity contribution in [1.29, 1.82) is 0 Å². The summed E-state index contributed by atoms with van der Waals surface area (Å²) in [6, 6.07) is 3.31. The van der Waals surface area contributed by atoms with Crippen LogP contribution in [0, 0.1) is 10.8 Å². The van der Waals surface area contributed by atoms with E-state index in [1.165, 1.54) is 21.8 Å². The number of aliphatic hydroxyl groups excluding tert-OH is 1. The first kappa shape index (κ1) is 46.4. The highest BCUT2D eigenvalue weighted by Crippen LogP contribution is 2.40. The van der Waals surface area contributed by atoms with Crippen molar-refractivity contribution in [3.05, 3.63) is 35.4 Å². The first-order valence-electron chi connectivity index (χ1n) is 21.3. The maximum atomic E-state index is 15.1. The van der Waals surface area contributed by atoms with Crippen molar-refractivity contribution < 1.29 is 42.2 Å². The minimum atomic E-state index is -3.56. The molecule has 0 bridgehead atoms. The number of likely N-dealkylation sites (tertiary alicyclic amines) is 1. The normalized spacial score (nSPS) is 23.0. The van der Waals surface area contributed by atoms with E-state index in [0.717, 1.165) is 43.9 Å². The Morgan fingerprint density at radius 2 is 1.68 bits per heavy atom. The number of aliphatic hydroxyl groups is 1. The standard InChI is InChI=1S/C42H67N7O9S/c1-8-14-31(34(50)37(52)43-29-17-18-29)44-36(51)32-23-30(58-40(55)48-22-19-27-15-10-11-16-28(27)24-48)25-49(32)38(53)35(42(5)20-12-9-13-21-42)46-39(54)45-33(41(2,3)4)26-47(6)59(7,56)57/h10-11,15-16,29-33,35,40,55H,8-9,12-14,17-26H2,1-7H3,(H,43,52)(H,44,51)(H2,45,46,54)/t30-,31?,32+,33-,35-,40?/m1/s1. The summed E-state index contributed by atoms with van der Waals surface area (Å²) in [5, 5.41) is 22.8. The Bertz CT molecular complexity index is 1790. The zero-order chi connectivity index (χ0) is 43.3. The van der Waals surface area contributed by atoms with Gasteiger partial charge in [-0.05, 0) is 60.5 Å². The zero-order valence-corrected chi connectivity index (χ0v) is 36.7. The topological polar surface area (TPSA) is 207 Å². The highest BCUT2D eigenvalue weighted by molar-refractivity contribution is 7.88. The highest BCUT2D eigenvalue weighted by atomic mass is 32.2. The highest BCUT2D eigenvalue weighted by Gasteiger charge is 2.49. The van der Waals surface area contributed by atoms with Crippen molar-refractivity contribution in [2.45, 2.75) is 155 Å². The van der Waals surface area contributed by atoms with E-state index in [9.17, 15) is 32.7 Å². The average Bonchev–Trinajstić information content (AvgIpc) is 3.90. The Balaban J connectivity index is 1.41. The second-order valence-electron chi connectivity index (χ2n) is 18.5. The number of Topliss-reactive ketones (excluding diaryl/α,β-unsaturated/α-hetero) is 1. The summed E-state index contributed by atoms with van der Waals surface area (Å²) in [4.78, 5) is 72.8. The lowest BCUT2D eigenvalue weighted by atomic mass is 9.70. The van der Waals surface area contributed by atoms with Crippen molar-refractivity contribution >= 4 is 39.6 Å². The number of sulfonamides is 1. The van der Waals surface area contributed by atoms with Gasteiger partial charge in [0.2, 0.25) is 34.0 Å². The van der Waals surface area contributed by atoms with Crippen molar-refractivity contribution in [1.82, 2.24) is 35.4 Å². The number of likely N-dealkylation sites (N-methyl/N-ethyl adjacent to an activating group) is 1. The van der Waals surface area contributed by atoms with Crippen LogP contribution in [0.25, 0.3) is 0 Å². The number of urea groups is 1. The molecule has 1 aromatic rings. The number of carbonyl (C=O) groups is 5. The van der Waals surface area contributed by atoms with E-state index in [0.29, 0.717) is 38.8 Å². The molecule has 59 heavy (non-hydrogen) atoms. The fourth-order valence-corrected chi connectivity index (χ4v) is 8.85. The van der Waals surface area contributed by atoms with E-state index in [1.54, 1.807) is 4.90 Å². The van der Waals surface area contributed by atoms with Gasteiger partial charge in [0.05, 0.1) is 18.4 Å². The molecule has 330 valence electrons. The van der Waals surface area contributed by atoms with Gasteiger partial charge in [-0.3, -0.25) is 24.1 Å². The van der Waals surface area contributed by atoms with Crippen LogP contribution in [-0.2, 0) is 46.9 Å². The van der Waals surface area contributed by atoms with Crippen molar-refractivity contribution in [2.24, 2.45) is 10.8 Å². The number of hydrogen-bond acceptors (Lipinski definition) is 10. The number of nitrogens with zero attached hydrogens (tertiary/aromatic N) is 3. The molecule has 5 rings (SSSR count). The van der Waals surface area contributed by atoms with Crippen LogP contribution in [0.4, 0.5) is 4.79 Å². The van der Waals surface area contributed by atoms with Gasteiger partial charge in [0.25, 0.3) is 5.91 Å². The molecule has 1 aromatic carbocycles. The van der Waals surface area contributed by atoms with Gasteiger partial charge in [-0.2, -0.15) is 0 Å². The first-order valence-corrected chi connectivity index (χ1v) is 23.1. The molecule has 16 nitrogen and oxygen atoms in total. The molecule has 17 heteroatoms. The van der Waals surface area contributed by atoms with Gasteiger partial charge < -0.3 is 36.0 Å². The van der Waals surface area contributed by atoms with Gasteiger partial charge >= 0.3 is 6.03 Å². The smallest absolute Gasteiger partial charge is 0.315 e. The predicted molar refractivity (Wildman–Crippen MR) is 222 cm³/mol. The van der Waals surface area contributed by atoms with E-state index in [1.807, 2.05) is 52.8 Å². The molecular formula is C42H67N7O9S. The van der Waals surface area contributed by atoms with E-state index < -0.39 is 87.1 Å². The number of ether oxygens (including phenoxy) is 1. The summed E-state index contributed by atoms with van der Waals surface area (Å²) in [7, 11) is -2.11. The Morgan fingerprint density at radius 3 is 2.29 bits per heavy atom. The molecular weight excluding hydrogens is 779 g/mol. The molecule has 5 N–H and O–H groups in total. The van der Waals surface area contributed by atoms with Crippen LogP contribution in [0.1, 0.15) is 110 Å². The average molecular weight is 846 g/mol. The number of hydrogen-bond donors (Lipinski definition) is 5. The fourth-order valence-electron chi connectivity index (χ4n) is 8.43. The van der Waals surface area contributed by atoms with E-state index in [-0.39, 0.29) is 32.0 Å². The third-order valence-electron chi connectivity index (χ3n) is 12.6. The van der Waals surface area contributed by atoms with E-state index in [2.05, 4.69) is 27.3 Å². The molecule has 0 radical (unpaired) electrons. The van der Waals surface area contributed by atoms with Gasteiger partial charge in [0.15, 0.2) is 0 Å². The number of nitrogens with one attached hydrogen (secondary N) is 4.